The summed E-state index contributed by atoms with van der Waals surface area (Å²) in [6, 6.07) is 7.77. The molecule has 2 N–H and O–H groups in total. The molecule has 1 aromatic carbocycles. The molecule has 1 aliphatic heterocycles. The normalized spacial score (nSPS) is 19.6. The van der Waals surface area contributed by atoms with E-state index in [9.17, 15) is 4.79 Å². The Morgan fingerprint density at radius 1 is 1.22 bits per heavy atom. The van der Waals surface area contributed by atoms with Crippen LogP contribution in [0, 0.1) is 0 Å². The Labute approximate surface area is 104 Å². The molecular weight excluding hydrogens is 230 g/mol. The number of nitrogens with one attached hydrogen (secondary N) is 2. The van der Waals surface area contributed by atoms with Crippen LogP contribution in [0.1, 0.15) is 12.8 Å². The van der Waals surface area contributed by atoms with E-state index < -0.39 is 0 Å². The first-order valence-corrected chi connectivity index (χ1v) is 5.94. The SMILES string of the molecule is O=C1CCC(Nc2nnc3ccccc3n2)CN1. The van der Waals surface area contributed by atoms with Gasteiger partial charge in [-0.25, -0.2) is 4.98 Å². The number of amides is 1. The van der Waals surface area contributed by atoms with Gasteiger partial charge in [0, 0.05) is 19.0 Å². The van der Waals surface area contributed by atoms with Gasteiger partial charge in [0.15, 0.2) is 0 Å². The van der Waals surface area contributed by atoms with Gasteiger partial charge in [-0.15, -0.1) is 10.2 Å². The monoisotopic (exact) mass is 243 g/mol. The average Bonchev–Trinajstić information content (AvgIpc) is 2.41. The highest BCUT2D eigenvalue weighted by Gasteiger charge is 2.18. The molecule has 0 bridgehead atoms. The number of nitrogens with zero attached hydrogens (tertiary/aromatic N) is 3. The van der Waals surface area contributed by atoms with Gasteiger partial charge in [0.1, 0.15) is 5.52 Å². The van der Waals surface area contributed by atoms with Crippen molar-refractivity contribution in [2.45, 2.75) is 18.9 Å². The van der Waals surface area contributed by atoms with E-state index in [1.54, 1.807) is 0 Å². The maximum atomic E-state index is 11.1. The molecule has 6 heteroatoms. The van der Waals surface area contributed by atoms with E-state index >= 15 is 0 Å². The molecule has 1 unspecified atom stereocenters. The quantitative estimate of drug-likeness (QED) is 0.812. The van der Waals surface area contributed by atoms with Crippen LogP contribution in [-0.4, -0.2) is 33.7 Å². The highest BCUT2D eigenvalue weighted by molar-refractivity contribution is 5.77. The van der Waals surface area contributed by atoms with Gasteiger partial charge in [-0.05, 0) is 18.6 Å². The molecule has 1 fully saturated rings. The third kappa shape index (κ3) is 2.22. The molecule has 1 atom stereocenters. The van der Waals surface area contributed by atoms with E-state index in [-0.39, 0.29) is 11.9 Å². The molecular formula is C12H13N5O. The number of piperidine rings is 1. The maximum Gasteiger partial charge on any atom is 0.243 e. The number of carbonyl (C=O) groups excluding carboxylic acids is 1. The van der Waals surface area contributed by atoms with E-state index in [1.807, 2.05) is 24.3 Å². The summed E-state index contributed by atoms with van der Waals surface area (Å²) in [5.41, 5.74) is 1.59. The Morgan fingerprint density at radius 3 is 2.83 bits per heavy atom. The van der Waals surface area contributed by atoms with Gasteiger partial charge >= 0.3 is 0 Å². The molecule has 0 saturated carbocycles. The molecule has 0 aliphatic carbocycles. The van der Waals surface area contributed by atoms with E-state index in [0.29, 0.717) is 18.9 Å². The summed E-state index contributed by atoms with van der Waals surface area (Å²) in [4.78, 5) is 15.4. The zero-order valence-corrected chi connectivity index (χ0v) is 9.76. The minimum absolute atomic E-state index is 0.102. The Balaban J connectivity index is 1.76. The number of fused-ring (bicyclic) bond motifs is 1. The number of anilines is 1. The van der Waals surface area contributed by atoms with Crippen LogP contribution in [0.15, 0.2) is 24.3 Å². The van der Waals surface area contributed by atoms with Gasteiger partial charge < -0.3 is 10.6 Å². The van der Waals surface area contributed by atoms with Crippen LogP contribution < -0.4 is 10.6 Å². The number of hydrogen-bond donors (Lipinski definition) is 2. The summed E-state index contributed by atoms with van der Waals surface area (Å²) in [7, 11) is 0. The standard InChI is InChI=1S/C12H13N5O/c18-11-6-5-8(7-13-11)14-12-15-9-3-1-2-4-10(9)16-17-12/h1-4,8H,5-7H2,(H,13,18)(H,14,15,17). The van der Waals surface area contributed by atoms with Crippen molar-refractivity contribution in [2.24, 2.45) is 0 Å². The topological polar surface area (TPSA) is 79.8 Å². The predicted molar refractivity (Wildman–Crippen MR) is 67.0 cm³/mol. The molecule has 1 aliphatic rings. The van der Waals surface area contributed by atoms with E-state index in [1.165, 1.54) is 0 Å². The lowest BCUT2D eigenvalue weighted by molar-refractivity contribution is -0.122. The summed E-state index contributed by atoms with van der Waals surface area (Å²) in [5, 5.41) is 14.1. The number of aromatic nitrogens is 3. The van der Waals surface area contributed by atoms with Crippen molar-refractivity contribution < 1.29 is 4.79 Å². The number of carbonyl (C=O) groups is 1. The van der Waals surface area contributed by atoms with Crippen LogP contribution in [0.3, 0.4) is 0 Å². The maximum absolute atomic E-state index is 11.1. The Morgan fingerprint density at radius 2 is 2.06 bits per heavy atom. The minimum atomic E-state index is 0.102. The molecule has 18 heavy (non-hydrogen) atoms. The van der Waals surface area contributed by atoms with E-state index in [2.05, 4.69) is 25.8 Å². The summed E-state index contributed by atoms with van der Waals surface area (Å²) in [6.45, 7) is 0.606. The summed E-state index contributed by atoms with van der Waals surface area (Å²) in [6.07, 6.45) is 1.33. The van der Waals surface area contributed by atoms with Crippen molar-refractivity contribution in [1.82, 2.24) is 20.5 Å². The van der Waals surface area contributed by atoms with Gasteiger partial charge in [-0.3, -0.25) is 4.79 Å². The lowest BCUT2D eigenvalue weighted by Gasteiger charge is -2.23. The highest BCUT2D eigenvalue weighted by Crippen LogP contribution is 2.12. The molecule has 2 aromatic rings. The summed E-state index contributed by atoms with van der Waals surface area (Å²) >= 11 is 0. The molecule has 2 heterocycles. The number of rotatable bonds is 2. The lowest BCUT2D eigenvalue weighted by atomic mass is 10.1. The van der Waals surface area contributed by atoms with Crippen LogP contribution in [0.5, 0.6) is 0 Å². The first-order valence-electron chi connectivity index (χ1n) is 5.94. The van der Waals surface area contributed by atoms with Crippen molar-refractivity contribution in [3.05, 3.63) is 24.3 Å². The van der Waals surface area contributed by atoms with E-state index in [0.717, 1.165) is 17.5 Å². The van der Waals surface area contributed by atoms with E-state index in [4.69, 9.17) is 0 Å². The largest absolute Gasteiger partial charge is 0.354 e. The summed E-state index contributed by atoms with van der Waals surface area (Å²) < 4.78 is 0. The second-order valence-corrected chi connectivity index (χ2v) is 4.31. The van der Waals surface area contributed by atoms with Crippen LogP contribution in [0.25, 0.3) is 11.0 Å². The van der Waals surface area contributed by atoms with Crippen LogP contribution in [-0.2, 0) is 4.79 Å². The summed E-state index contributed by atoms with van der Waals surface area (Å²) in [5.74, 6) is 0.612. The highest BCUT2D eigenvalue weighted by atomic mass is 16.1. The second-order valence-electron chi connectivity index (χ2n) is 4.31. The van der Waals surface area contributed by atoms with Crippen molar-refractivity contribution >= 4 is 22.9 Å². The van der Waals surface area contributed by atoms with Gasteiger partial charge in [-0.2, -0.15) is 0 Å². The molecule has 0 radical (unpaired) electrons. The first kappa shape index (κ1) is 10.9. The third-order valence-corrected chi connectivity index (χ3v) is 2.96. The molecule has 1 saturated heterocycles. The zero-order chi connectivity index (χ0) is 12.4. The number of hydrogen-bond acceptors (Lipinski definition) is 5. The van der Waals surface area contributed by atoms with Crippen molar-refractivity contribution in [3.63, 3.8) is 0 Å². The minimum Gasteiger partial charge on any atom is -0.354 e. The van der Waals surface area contributed by atoms with Gasteiger partial charge in [0.25, 0.3) is 0 Å². The molecule has 92 valence electrons. The van der Waals surface area contributed by atoms with Crippen LogP contribution in [0.2, 0.25) is 0 Å². The van der Waals surface area contributed by atoms with Gasteiger partial charge in [0.2, 0.25) is 11.9 Å². The lowest BCUT2D eigenvalue weighted by Crippen LogP contribution is -2.42. The molecule has 1 aromatic heterocycles. The number of benzene rings is 1. The molecule has 1 amide bonds. The van der Waals surface area contributed by atoms with Gasteiger partial charge in [0.05, 0.1) is 5.52 Å². The Kier molecular flexibility index (Phi) is 2.76. The second kappa shape index (κ2) is 4.56. The smallest absolute Gasteiger partial charge is 0.243 e. The first-order chi connectivity index (χ1) is 8.81. The van der Waals surface area contributed by atoms with Crippen molar-refractivity contribution in [2.75, 3.05) is 11.9 Å². The zero-order valence-electron chi connectivity index (χ0n) is 9.76. The molecule has 6 nitrogen and oxygen atoms in total. The van der Waals surface area contributed by atoms with Crippen LogP contribution in [0.4, 0.5) is 5.95 Å². The fraction of sp³-hybridized carbons (Fsp3) is 0.333. The predicted octanol–water partition coefficient (Wildman–Crippen LogP) is 0.715. The fourth-order valence-electron chi connectivity index (χ4n) is 1.98. The average molecular weight is 243 g/mol. The van der Waals surface area contributed by atoms with Crippen molar-refractivity contribution in [3.8, 4) is 0 Å². The Hall–Kier alpha value is -2.24. The van der Waals surface area contributed by atoms with Crippen molar-refractivity contribution in [1.29, 1.82) is 0 Å². The van der Waals surface area contributed by atoms with Crippen LogP contribution >= 0.6 is 0 Å². The van der Waals surface area contributed by atoms with Gasteiger partial charge in [-0.1, -0.05) is 12.1 Å². The Bertz CT molecular complexity index is 575. The molecule has 3 rings (SSSR count). The molecule has 0 spiro atoms. The number of para-hydroxylation sites is 1. The third-order valence-electron chi connectivity index (χ3n) is 2.96. The fourth-order valence-corrected chi connectivity index (χ4v) is 1.98.